The molecule has 1 aromatic heterocycles. The number of hydrogen-bond donors (Lipinski definition) is 2. The number of nitrogens with two attached hydrogens (primary N) is 1. The Hall–Kier alpha value is -1.10. The smallest absolute Gasteiger partial charge is 0.226 e. The molecule has 1 heterocycles. The number of anilines is 1. The highest BCUT2D eigenvalue weighted by Gasteiger charge is 2.27. The molecule has 1 aliphatic carbocycles. The molecule has 0 saturated heterocycles. The molecule has 1 fully saturated rings. The molecule has 2 rings (SSSR count). The Balaban J connectivity index is 1.78. The lowest BCUT2D eigenvalue weighted by atomic mass is 9.75. The van der Waals surface area contributed by atoms with Crippen molar-refractivity contribution in [3.63, 3.8) is 0 Å². The van der Waals surface area contributed by atoms with Gasteiger partial charge in [0.1, 0.15) is 0 Å². The summed E-state index contributed by atoms with van der Waals surface area (Å²) in [4.78, 5) is 16.0. The second-order valence-corrected chi connectivity index (χ2v) is 6.75. The molecule has 0 unspecified atom stereocenters. The second kappa shape index (κ2) is 5.26. The van der Waals surface area contributed by atoms with Gasteiger partial charge in [-0.15, -0.1) is 11.3 Å². The number of thiazole rings is 1. The number of nitrogens with zero attached hydrogens (tertiary/aromatic N) is 1. The molecule has 100 valence electrons. The molecule has 0 aliphatic heterocycles. The highest BCUT2D eigenvalue weighted by Crippen LogP contribution is 2.34. The minimum atomic E-state index is 0.0602. The third kappa shape index (κ3) is 3.70. The van der Waals surface area contributed by atoms with E-state index in [-0.39, 0.29) is 5.91 Å². The van der Waals surface area contributed by atoms with Crippen LogP contribution in [-0.2, 0) is 11.2 Å². The molecule has 5 heteroatoms. The SMILES string of the molecule is CC1(C)CCC(NC(=O)Cc2csc(N)n2)CC1. The lowest BCUT2D eigenvalue weighted by Crippen LogP contribution is -2.40. The van der Waals surface area contributed by atoms with Gasteiger partial charge in [-0.3, -0.25) is 4.79 Å². The van der Waals surface area contributed by atoms with Gasteiger partial charge in [0.15, 0.2) is 5.13 Å². The lowest BCUT2D eigenvalue weighted by molar-refractivity contribution is -0.121. The van der Waals surface area contributed by atoms with Crippen LogP contribution in [0.3, 0.4) is 0 Å². The Morgan fingerprint density at radius 3 is 2.78 bits per heavy atom. The van der Waals surface area contributed by atoms with Gasteiger partial charge < -0.3 is 11.1 Å². The van der Waals surface area contributed by atoms with Crippen molar-refractivity contribution in [2.75, 3.05) is 5.73 Å². The van der Waals surface area contributed by atoms with E-state index in [1.165, 1.54) is 24.2 Å². The normalized spacial score (nSPS) is 19.7. The molecule has 0 atom stereocenters. The van der Waals surface area contributed by atoms with Crippen molar-refractivity contribution in [3.8, 4) is 0 Å². The molecule has 4 nitrogen and oxygen atoms in total. The summed E-state index contributed by atoms with van der Waals surface area (Å²) in [6, 6.07) is 0.335. The van der Waals surface area contributed by atoms with Crippen LogP contribution in [0.2, 0.25) is 0 Å². The molecule has 1 saturated carbocycles. The van der Waals surface area contributed by atoms with Crippen LogP contribution < -0.4 is 11.1 Å². The van der Waals surface area contributed by atoms with Crippen molar-refractivity contribution in [1.82, 2.24) is 10.3 Å². The molecule has 18 heavy (non-hydrogen) atoms. The summed E-state index contributed by atoms with van der Waals surface area (Å²) in [7, 11) is 0. The quantitative estimate of drug-likeness (QED) is 0.883. The lowest BCUT2D eigenvalue weighted by Gasteiger charge is -2.34. The van der Waals surface area contributed by atoms with E-state index < -0.39 is 0 Å². The van der Waals surface area contributed by atoms with Crippen molar-refractivity contribution in [3.05, 3.63) is 11.1 Å². The predicted molar refractivity (Wildman–Crippen MR) is 74.4 cm³/mol. The molecular weight excluding hydrogens is 246 g/mol. The molecular formula is C13H21N3OS. The number of amides is 1. The van der Waals surface area contributed by atoms with Crippen LogP contribution in [0.25, 0.3) is 0 Å². The topological polar surface area (TPSA) is 68.0 Å². The van der Waals surface area contributed by atoms with Gasteiger partial charge in [0.2, 0.25) is 5.91 Å². The minimum Gasteiger partial charge on any atom is -0.375 e. The summed E-state index contributed by atoms with van der Waals surface area (Å²) in [5.41, 5.74) is 6.75. The fourth-order valence-electron chi connectivity index (χ4n) is 2.39. The minimum absolute atomic E-state index is 0.0602. The van der Waals surface area contributed by atoms with Gasteiger partial charge >= 0.3 is 0 Å². The highest BCUT2D eigenvalue weighted by atomic mass is 32.1. The maximum absolute atomic E-state index is 11.9. The number of nitrogens with one attached hydrogen (secondary N) is 1. The molecule has 1 aromatic rings. The number of nitrogen functional groups attached to an aromatic ring is 1. The van der Waals surface area contributed by atoms with E-state index >= 15 is 0 Å². The van der Waals surface area contributed by atoms with Gasteiger partial charge in [-0.05, 0) is 31.1 Å². The van der Waals surface area contributed by atoms with E-state index in [4.69, 9.17) is 5.73 Å². The summed E-state index contributed by atoms with van der Waals surface area (Å²) in [6.45, 7) is 4.59. The van der Waals surface area contributed by atoms with Crippen molar-refractivity contribution in [2.45, 2.75) is 52.0 Å². The molecule has 3 N–H and O–H groups in total. The maximum Gasteiger partial charge on any atom is 0.226 e. The van der Waals surface area contributed by atoms with Gasteiger partial charge in [-0.1, -0.05) is 13.8 Å². The van der Waals surface area contributed by atoms with Crippen LogP contribution in [0.1, 0.15) is 45.2 Å². The fraction of sp³-hybridized carbons (Fsp3) is 0.692. The van der Waals surface area contributed by atoms with E-state index in [0.717, 1.165) is 18.5 Å². The first-order valence-electron chi connectivity index (χ1n) is 6.44. The molecule has 0 bridgehead atoms. The van der Waals surface area contributed by atoms with Crippen molar-refractivity contribution in [1.29, 1.82) is 0 Å². The van der Waals surface area contributed by atoms with Crippen molar-refractivity contribution in [2.24, 2.45) is 5.41 Å². The zero-order valence-electron chi connectivity index (χ0n) is 11.0. The predicted octanol–water partition coefficient (Wildman–Crippen LogP) is 2.35. The van der Waals surface area contributed by atoms with E-state index in [2.05, 4.69) is 24.1 Å². The third-order valence-corrected chi connectivity index (χ3v) is 4.34. The Morgan fingerprint density at radius 1 is 1.56 bits per heavy atom. The van der Waals surface area contributed by atoms with Crippen LogP contribution in [-0.4, -0.2) is 16.9 Å². The largest absolute Gasteiger partial charge is 0.375 e. The summed E-state index contributed by atoms with van der Waals surface area (Å²) < 4.78 is 0. The van der Waals surface area contributed by atoms with Crippen LogP contribution in [0.15, 0.2) is 5.38 Å². The van der Waals surface area contributed by atoms with E-state index in [1.54, 1.807) is 0 Å². The van der Waals surface area contributed by atoms with Crippen LogP contribution >= 0.6 is 11.3 Å². The van der Waals surface area contributed by atoms with Crippen LogP contribution in [0, 0.1) is 5.41 Å². The third-order valence-electron chi connectivity index (χ3n) is 3.62. The number of hydrogen-bond acceptors (Lipinski definition) is 4. The number of carbonyl (C=O) groups is 1. The average Bonchev–Trinajstić information content (AvgIpc) is 2.67. The number of aromatic nitrogens is 1. The molecule has 0 spiro atoms. The first-order chi connectivity index (χ1) is 8.44. The molecule has 0 radical (unpaired) electrons. The van der Waals surface area contributed by atoms with E-state index in [9.17, 15) is 4.79 Å². The van der Waals surface area contributed by atoms with Gasteiger partial charge in [0.05, 0.1) is 12.1 Å². The molecule has 1 amide bonds. The summed E-state index contributed by atoms with van der Waals surface area (Å²) in [5.74, 6) is 0.0602. The summed E-state index contributed by atoms with van der Waals surface area (Å²) in [6.07, 6.45) is 4.87. The second-order valence-electron chi connectivity index (χ2n) is 5.86. The fourth-order valence-corrected chi connectivity index (χ4v) is 2.95. The number of carbonyl (C=O) groups excluding carboxylic acids is 1. The molecule has 0 aromatic carbocycles. The zero-order chi connectivity index (χ0) is 13.2. The Morgan fingerprint density at radius 2 is 2.22 bits per heavy atom. The maximum atomic E-state index is 11.9. The highest BCUT2D eigenvalue weighted by molar-refractivity contribution is 7.13. The van der Waals surface area contributed by atoms with Crippen LogP contribution in [0.4, 0.5) is 5.13 Å². The monoisotopic (exact) mass is 267 g/mol. The Bertz CT molecular complexity index is 418. The summed E-state index contributed by atoms with van der Waals surface area (Å²) >= 11 is 1.38. The molecule has 1 aliphatic rings. The summed E-state index contributed by atoms with van der Waals surface area (Å²) in [5, 5.41) is 5.47. The van der Waals surface area contributed by atoms with E-state index in [0.29, 0.717) is 23.0 Å². The zero-order valence-corrected chi connectivity index (χ0v) is 11.8. The van der Waals surface area contributed by atoms with Crippen molar-refractivity contribution < 1.29 is 4.79 Å². The van der Waals surface area contributed by atoms with Gasteiger partial charge in [0.25, 0.3) is 0 Å². The van der Waals surface area contributed by atoms with Crippen LogP contribution in [0.5, 0.6) is 0 Å². The Kier molecular flexibility index (Phi) is 3.90. The Labute approximate surface area is 112 Å². The van der Waals surface area contributed by atoms with Gasteiger partial charge in [0, 0.05) is 11.4 Å². The van der Waals surface area contributed by atoms with Gasteiger partial charge in [-0.2, -0.15) is 0 Å². The van der Waals surface area contributed by atoms with Crippen molar-refractivity contribution >= 4 is 22.4 Å². The van der Waals surface area contributed by atoms with E-state index in [1.807, 2.05) is 5.38 Å². The first kappa shape index (κ1) is 13.3. The van der Waals surface area contributed by atoms with Gasteiger partial charge in [-0.25, -0.2) is 4.98 Å². The standard InChI is InChI=1S/C13H21N3OS/c1-13(2)5-3-9(4-6-13)15-11(17)7-10-8-18-12(14)16-10/h8-9H,3-7H2,1-2H3,(H2,14,16)(H,15,17). The first-order valence-corrected chi connectivity index (χ1v) is 7.32. The average molecular weight is 267 g/mol. The number of rotatable bonds is 3.